The van der Waals surface area contributed by atoms with Crippen LogP contribution in [0.1, 0.15) is 27.7 Å². The number of nitrogens with two attached hydrogens (primary N) is 1. The number of benzene rings is 2. The standard InChI is InChI=1S/C18H22BFN2O2/c1-17(2)18(3,4)24-19(23-17)13-7-5-6-8-16(13)22-12-9-10-15(21)14(20)11-12/h5-11,22H,21H2,1-4H3. The molecule has 2 aromatic carbocycles. The summed E-state index contributed by atoms with van der Waals surface area (Å²) < 4.78 is 25.9. The molecule has 126 valence electrons. The predicted octanol–water partition coefficient (Wildman–Crippen LogP) is 3.45. The molecular weight excluding hydrogens is 306 g/mol. The van der Waals surface area contributed by atoms with Crippen molar-refractivity contribution in [1.29, 1.82) is 0 Å². The zero-order valence-corrected chi connectivity index (χ0v) is 14.4. The summed E-state index contributed by atoms with van der Waals surface area (Å²) in [4.78, 5) is 0. The molecule has 3 N–H and O–H groups in total. The van der Waals surface area contributed by atoms with Crippen molar-refractivity contribution in [2.24, 2.45) is 0 Å². The molecule has 24 heavy (non-hydrogen) atoms. The minimum atomic E-state index is -0.489. The van der Waals surface area contributed by atoms with E-state index in [1.807, 2.05) is 52.0 Å². The highest BCUT2D eigenvalue weighted by Gasteiger charge is 2.52. The van der Waals surface area contributed by atoms with Gasteiger partial charge in [0.15, 0.2) is 0 Å². The van der Waals surface area contributed by atoms with E-state index in [-0.39, 0.29) is 5.69 Å². The fourth-order valence-corrected chi connectivity index (χ4v) is 2.55. The van der Waals surface area contributed by atoms with E-state index in [0.29, 0.717) is 5.69 Å². The topological polar surface area (TPSA) is 56.5 Å². The number of hydrogen-bond donors (Lipinski definition) is 2. The highest BCUT2D eigenvalue weighted by molar-refractivity contribution is 6.64. The molecule has 1 aliphatic rings. The van der Waals surface area contributed by atoms with Crippen molar-refractivity contribution in [2.45, 2.75) is 38.9 Å². The molecule has 0 aromatic heterocycles. The third-order valence-electron chi connectivity index (χ3n) is 4.75. The number of nitrogens with one attached hydrogen (secondary N) is 1. The molecule has 0 bridgehead atoms. The van der Waals surface area contributed by atoms with Gasteiger partial charge in [0, 0.05) is 16.8 Å². The maximum absolute atomic E-state index is 13.7. The quantitative estimate of drug-likeness (QED) is 0.669. The molecule has 0 amide bonds. The normalized spacial score (nSPS) is 18.6. The summed E-state index contributed by atoms with van der Waals surface area (Å²) in [6.45, 7) is 8.05. The monoisotopic (exact) mass is 328 g/mol. The van der Waals surface area contributed by atoms with Gasteiger partial charge in [-0.3, -0.25) is 0 Å². The Bertz CT molecular complexity index is 748. The second kappa shape index (κ2) is 5.79. The first-order valence-electron chi connectivity index (χ1n) is 7.96. The van der Waals surface area contributed by atoms with Crippen LogP contribution in [-0.4, -0.2) is 18.3 Å². The molecule has 1 saturated heterocycles. The number of rotatable bonds is 3. The second-order valence-corrected chi connectivity index (χ2v) is 7.04. The SMILES string of the molecule is CC1(C)OB(c2ccccc2Nc2ccc(N)c(F)c2)OC1(C)C. The van der Waals surface area contributed by atoms with Crippen molar-refractivity contribution in [3.63, 3.8) is 0 Å². The number of para-hydroxylation sites is 1. The van der Waals surface area contributed by atoms with E-state index in [1.54, 1.807) is 6.07 Å². The summed E-state index contributed by atoms with van der Waals surface area (Å²) in [6, 6.07) is 12.3. The van der Waals surface area contributed by atoms with Crippen LogP contribution in [0.3, 0.4) is 0 Å². The molecule has 3 rings (SSSR count). The average molecular weight is 328 g/mol. The molecule has 0 saturated carbocycles. The van der Waals surface area contributed by atoms with Crippen LogP contribution in [0.4, 0.5) is 21.5 Å². The van der Waals surface area contributed by atoms with Gasteiger partial charge in [0.25, 0.3) is 0 Å². The lowest BCUT2D eigenvalue weighted by Crippen LogP contribution is -2.41. The molecule has 2 aromatic rings. The Morgan fingerprint density at radius 1 is 1.00 bits per heavy atom. The van der Waals surface area contributed by atoms with Crippen molar-refractivity contribution >= 4 is 29.6 Å². The highest BCUT2D eigenvalue weighted by atomic mass is 19.1. The zero-order chi connectivity index (χ0) is 17.5. The van der Waals surface area contributed by atoms with Crippen LogP contribution in [0.2, 0.25) is 0 Å². The van der Waals surface area contributed by atoms with Crippen LogP contribution in [0, 0.1) is 5.82 Å². The van der Waals surface area contributed by atoms with Crippen LogP contribution in [0.15, 0.2) is 42.5 Å². The van der Waals surface area contributed by atoms with Crippen LogP contribution in [0.25, 0.3) is 0 Å². The Morgan fingerprint density at radius 2 is 1.62 bits per heavy atom. The summed E-state index contributed by atoms with van der Waals surface area (Å²) in [5.41, 5.74) is 7.11. The molecule has 1 fully saturated rings. The van der Waals surface area contributed by atoms with Gasteiger partial charge in [-0.2, -0.15) is 0 Å². The minimum Gasteiger partial charge on any atom is -0.399 e. The van der Waals surface area contributed by atoms with Crippen LogP contribution >= 0.6 is 0 Å². The van der Waals surface area contributed by atoms with Gasteiger partial charge in [0.2, 0.25) is 0 Å². The van der Waals surface area contributed by atoms with E-state index in [2.05, 4.69) is 5.32 Å². The number of halogens is 1. The maximum Gasteiger partial charge on any atom is 0.496 e. The smallest absolute Gasteiger partial charge is 0.399 e. The Morgan fingerprint density at radius 3 is 2.25 bits per heavy atom. The number of nitrogen functional groups attached to an aromatic ring is 1. The summed E-state index contributed by atoms with van der Waals surface area (Å²) in [5, 5.41) is 3.22. The van der Waals surface area contributed by atoms with Gasteiger partial charge < -0.3 is 20.4 Å². The highest BCUT2D eigenvalue weighted by Crippen LogP contribution is 2.37. The third kappa shape index (κ3) is 2.99. The fraction of sp³-hybridized carbons (Fsp3) is 0.333. The lowest BCUT2D eigenvalue weighted by Gasteiger charge is -2.32. The Balaban J connectivity index is 1.90. The van der Waals surface area contributed by atoms with Gasteiger partial charge >= 0.3 is 7.12 Å². The molecular formula is C18H22BFN2O2. The Kier molecular flexibility index (Phi) is 4.05. The molecule has 1 heterocycles. The molecule has 0 radical (unpaired) electrons. The molecule has 0 unspecified atom stereocenters. The van der Waals surface area contributed by atoms with E-state index in [1.165, 1.54) is 12.1 Å². The zero-order valence-electron chi connectivity index (χ0n) is 14.4. The van der Waals surface area contributed by atoms with Crippen LogP contribution < -0.4 is 16.5 Å². The van der Waals surface area contributed by atoms with Gasteiger partial charge in [0.05, 0.1) is 16.9 Å². The van der Waals surface area contributed by atoms with Crippen molar-refractivity contribution in [2.75, 3.05) is 11.1 Å². The molecule has 0 spiro atoms. The van der Waals surface area contributed by atoms with E-state index in [9.17, 15) is 4.39 Å². The summed E-state index contributed by atoms with van der Waals surface area (Å²) in [5.74, 6) is -0.451. The largest absolute Gasteiger partial charge is 0.496 e. The van der Waals surface area contributed by atoms with Gasteiger partial charge in [-0.25, -0.2) is 4.39 Å². The molecule has 0 atom stereocenters. The summed E-state index contributed by atoms with van der Waals surface area (Å²) in [6.07, 6.45) is 0. The molecule has 4 nitrogen and oxygen atoms in total. The van der Waals surface area contributed by atoms with Crippen LogP contribution in [-0.2, 0) is 9.31 Å². The number of hydrogen-bond acceptors (Lipinski definition) is 4. The predicted molar refractivity (Wildman–Crippen MR) is 96.3 cm³/mol. The Labute approximate surface area is 142 Å². The van der Waals surface area contributed by atoms with E-state index in [4.69, 9.17) is 15.0 Å². The molecule has 0 aliphatic carbocycles. The lowest BCUT2D eigenvalue weighted by molar-refractivity contribution is 0.00578. The van der Waals surface area contributed by atoms with Gasteiger partial charge in [-0.05, 0) is 52.0 Å². The van der Waals surface area contributed by atoms with Crippen LogP contribution in [0.5, 0.6) is 0 Å². The Hall–Kier alpha value is -2.05. The summed E-state index contributed by atoms with van der Waals surface area (Å²) in [7, 11) is -0.489. The molecule has 1 aliphatic heterocycles. The minimum absolute atomic E-state index is 0.125. The van der Waals surface area contributed by atoms with Gasteiger partial charge in [-0.1, -0.05) is 18.2 Å². The van der Waals surface area contributed by atoms with Crippen molar-refractivity contribution in [3.05, 3.63) is 48.3 Å². The molecule has 6 heteroatoms. The number of anilines is 3. The lowest BCUT2D eigenvalue weighted by atomic mass is 9.77. The first-order chi connectivity index (χ1) is 11.2. The van der Waals surface area contributed by atoms with E-state index >= 15 is 0 Å². The first kappa shape index (κ1) is 16.8. The maximum atomic E-state index is 13.7. The summed E-state index contributed by atoms with van der Waals surface area (Å²) >= 11 is 0. The average Bonchev–Trinajstić information content (AvgIpc) is 2.72. The van der Waals surface area contributed by atoms with Crippen molar-refractivity contribution in [1.82, 2.24) is 0 Å². The van der Waals surface area contributed by atoms with Crippen molar-refractivity contribution in [3.8, 4) is 0 Å². The fourth-order valence-electron chi connectivity index (χ4n) is 2.55. The second-order valence-electron chi connectivity index (χ2n) is 7.04. The first-order valence-corrected chi connectivity index (χ1v) is 7.96. The van der Waals surface area contributed by atoms with Gasteiger partial charge in [-0.15, -0.1) is 0 Å². The van der Waals surface area contributed by atoms with E-state index in [0.717, 1.165) is 11.2 Å². The third-order valence-corrected chi connectivity index (χ3v) is 4.75. The van der Waals surface area contributed by atoms with E-state index < -0.39 is 24.1 Å². The van der Waals surface area contributed by atoms with Gasteiger partial charge in [0.1, 0.15) is 5.82 Å². The van der Waals surface area contributed by atoms with Crippen molar-refractivity contribution < 1.29 is 13.7 Å².